The molecule has 1 aliphatic heterocycles. The summed E-state index contributed by atoms with van der Waals surface area (Å²) in [5, 5.41) is 3.04. The second-order valence-corrected chi connectivity index (χ2v) is 8.33. The first-order valence-corrected chi connectivity index (χ1v) is 11.2. The lowest BCUT2D eigenvalue weighted by molar-refractivity contribution is -0.133. The Morgan fingerprint density at radius 1 is 1.06 bits per heavy atom. The van der Waals surface area contributed by atoms with Gasteiger partial charge in [-0.3, -0.25) is 14.5 Å². The van der Waals surface area contributed by atoms with Crippen molar-refractivity contribution in [1.29, 1.82) is 0 Å². The lowest BCUT2D eigenvalue weighted by Gasteiger charge is -2.34. The largest absolute Gasteiger partial charge is 0.450 e. The third-order valence-corrected chi connectivity index (χ3v) is 5.93. The molecule has 1 saturated carbocycles. The lowest BCUT2D eigenvalue weighted by atomic mass is 10.1. The minimum absolute atomic E-state index is 0.0419. The van der Waals surface area contributed by atoms with Crippen LogP contribution in [0.3, 0.4) is 0 Å². The Balaban J connectivity index is 1.46. The zero-order valence-corrected chi connectivity index (χ0v) is 18.9. The number of piperazine rings is 1. The molecule has 2 fully saturated rings. The Morgan fingerprint density at radius 2 is 1.68 bits per heavy atom. The van der Waals surface area contributed by atoms with E-state index in [2.05, 4.69) is 10.2 Å². The fraction of sp³-hybridized carbons (Fsp3) is 0.609. The fourth-order valence-electron chi connectivity index (χ4n) is 3.96. The van der Waals surface area contributed by atoms with Crippen LogP contribution in [0.5, 0.6) is 0 Å². The Kier molecular flexibility index (Phi) is 7.90. The van der Waals surface area contributed by atoms with Crippen LogP contribution >= 0.6 is 0 Å². The number of carbonyl (C=O) groups excluding carboxylic acids is 3. The van der Waals surface area contributed by atoms with E-state index >= 15 is 0 Å². The molecule has 0 atom stereocenters. The van der Waals surface area contributed by atoms with Gasteiger partial charge in [0.05, 0.1) is 13.2 Å². The Labute approximate surface area is 184 Å². The van der Waals surface area contributed by atoms with E-state index in [1.54, 1.807) is 16.7 Å². The third kappa shape index (κ3) is 6.43. The van der Waals surface area contributed by atoms with Gasteiger partial charge >= 0.3 is 6.09 Å². The second-order valence-electron chi connectivity index (χ2n) is 8.33. The summed E-state index contributed by atoms with van der Waals surface area (Å²) in [4.78, 5) is 42.7. The average Bonchev–Trinajstić information content (AvgIpc) is 3.59. The molecule has 0 aromatic heterocycles. The monoisotopic (exact) mass is 430 g/mol. The van der Waals surface area contributed by atoms with E-state index in [0.717, 1.165) is 29.7 Å². The summed E-state index contributed by atoms with van der Waals surface area (Å²) in [6, 6.07) is 6.34. The van der Waals surface area contributed by atoms with Gasteiger partial charge in [0.1, 0.15) is 0 Å². The Hall–Kier alpha value is -2.61. The topological polar surface area (TPSA) is 82.2 Å². The number of aryl methyl sites for hydroxylation is 2. The molecular formula is C23H34N4O4. The summed E-state index contributed by atoms with van der Waals surface area (Å²) in [5.41, 5.74) is 2.96. The van der Waals surface area contributed by atoms with Crippen molar-refractivity contribution in [3.8, 4) is 0 Å². The van der Waals surface area contributed by atoms with Crippen LogP contribution in [-0.4, -0.2) is 84.5 Å². The Morgan fingerprint density at radius 3 is 2.26 bits per heavy atom. The van der Waals surface area contributed by atoms with Crippen molar-refractivity contribution in [2.45, 2.75) is 46.1 Å². The SMILES string of the molecule is CCOC(=O)N1CCN(C(=O)CCN(CC(=O)Nc2c(C)cccc2C)C2CC2)CC1. The summed E-state index contributed by atoms with van der Waals surface area (Å²) in [6.45, 7) is 9.01. The molecule has 1 heterocycles. The normalized spacial score (nSPS) is 16.4. The fourth-order valence-corrected chi connectivity index (χ4v) is 3.96. The number of anilines is 1. The molecule has 8 nitrogen and oxygen atoms in total. The number of benzene rings is 1. The molecule has 8 heteroatoms. The van der Waals surface area contributed by atoms with Crippen molar-refractivity contribution in [1.82, 2.24) is 14.7 Å². The van der Waals surface area contributed by atoms with E-state index in [-0.39, 0.29) is 17.9 Å². The van der Waals surface area contributed by atoms with Crippen molar-refractivity contribution in [2.24, 2.45) is 0 Å². The van der Waals surface area contributed by atoms with Gasteiger partial charge < -0.3 is 19.9 Å². The number of hydrogen-bond acceptors (Lipinski definition) is 5. The zero-order chi connectivity index (χ0) is 22.4. The van der Waals surface area contributed by atoms with Crippen LogP contribution in [-0.2, 0) is 14.3 Å². The van der Waals surface area contributed by atoms with Crippen molar-refractivity contribution < 1.29 is 19.1 Å². The van der Waals surface area contributed by atoms with Gasteiger partial charge in [0, 0.05) is 50.9 Å². The van der Waals surface area contributed by atoms with Crippen LogP contribution in [0.1, 0.15) is 37.3 Å². The van der Waals surface area contributed by atoms with Crippen molar-refractivity contribution in [2.75, 3.05) is 51.2 Å². The van der Waals surface area contributed by atoms with Crippen molar-refractivity contribution >= 4 is 23.6 Å². The summed E-state index contributed by atoms with van der Waals surface area (Å²) >= 11 is 0. The van der Waals surface area contributed by atoms with Gasteiger partial charge in [-0.15, -0.1) is 0 Å². The second kappa shape index (κ2) is 10.6. The maximum Gasteiger partial charge on any atom is 0.409 e. The van der Waals surface area contributed by atoms with Crippen LogP contribution in [0.4, 0.5) is 10.5 Å². The molecule has 1 aromatic rings. The number of amides is 3. The van der Waals surface area contributed by atoms with Gasteiger partial charge in [-0.05, 0) is 44.7 Å². The van der Waals surface area contributed by atoms with Crippen molar-refractivity contribution in [3.63, 3.8) is 0 Å². The molecule has 0 unspecified atom stereocenters. The molecule has 31 heavy (non-hydrogen) atoms. The van der Waals surface area contributed by atoms with E-state index in [1.165, 1.54) is 0 Å². The Bertz CT molecular complexity index is 781. The number of nitrogens with one attached hydrogen (secondary N) is 1. The van der Waals surface area contributed by atoms with Gasteiger partial charge in [0.15, 0.2) is 0 Å². The molecule has 2 aliphatic rings. The van der Waals surface area contributed by atoms with Crippen LogP contribution in [0.15, 0.2) is 18.2 Å². The van der Waals surface area contributed by atoms with Gasteiger partial charge in [-0.1, -0.05) is 18.2 Å². The highest BCUT2D eigenvalue weighted by Crippen LogP contribution is 2.27. The first-order chi connectivity index (χ1) is 14.9. The molecule has 1 saturated heterocycles. The average molecular weight is 431 g/mol. The molecular weight excluding hydrogens is 396 g/mol. The van der Waals surface area contributed by atoms with Gasteiger partial charge in [0.25, 0.3) is 0 Å². The number of hydrogen-bond donors (Lipinski definition) is 1. The van der Waals surface area contributed by atoms with Crippen LogP contribution < -0.4 is 5.32 Å². The van der Waals surface area contributed by atoms with Crippen LogP contribution in [0.25, 0.3) is 0 Å². The number of carbonyl (C=O) groups is 3. The third-order valence-electron chi connectivity index (χ3n) is 5.93. The smallest absolute Gasteiger partial charge is 0.409 e. The standard InChI is InChI=1S/C23H34N4O4/c1-4-31-23(30)26-14-12-25(13-15-26)21(29)10-11-27(19-8-9-19)16-20(28)24-22-17(2)6-5-7-18(22)3/h5-7,19H,4,8-16H2,1-3H3,(H,24,28). The lowest BCUT2D eigenvalue weighted by Crippen LogP contribution is -2.51. The predicted octanol–water partition coefficient (Wildman–Crippen LogP) is 2.40. The minimum atomic E-state index is -0.315. The van der Waals surface area contributed by atoms with E-state index in [9.17, 15) is 14.4 Å². The van der Waals surface area contributed by atoms with Crippen molar-refractivity contribution in [3.05, 3.63) is 29.3 Å². The summed E-state index contributed by atoms with van der Waals surface area (Å²) < 4.78 is 5.02. The highest BCUT2D eigenvalue weighted by atomic mass is 16.6. The number of rotatable bonds is 8. The molecule has 170 valence electrons. The number of para-hydroxylation sites is 1. The predicted molar refractivity (Wildman–Crippen MR) is 119 cm³/mol. The molecule has 1 aliphatic carbocycles. The molecule has 3 rings (SSSR count). The molecule has 0 radical (unpaired) electrons. The molecule has 3 amide bonds. The van der Waals surface area contributed by atoms with E-state index in [1.807, 2.05) is 32.0 Å². The van der Waals surface area contributed by atoms with E-state index < -0.39 is 0 Å². The quantitative estimate of drug-likeness (QED) is 0.685. The zero-order valence-electron chi connectivity index (χ0n) is 18.9. The first-order valence-electron chi connectivity index (χ1n) is 11.2. The van der Waals surface area contributed by atoms with E-state index in [4.69, 9.17) is 4.74 Å². The van der Waals surface area contributed by atoms with Crippen LogP contribution in [0, 0.1) is 13.8 Å². The maximum atomic E-state index is 12.7. The maximum absolute atomic E-state index is 12.7. The molecule has 1 aromatic carbocycles. The molecule has 1 N–H and O–H groups in total. The first kappa shape index (κ1) is 23.1. The summed E-state index contributed by atoms with van der Waals surface area (Å²) in [6.07, 6.45) is 2.21. The highest BCUT2D eigenvalue weighted by Gasteiger charge is 2.31. The molecule has 0 bridgehead atoms. The number of nitrogens with zero attached hydrogens (tertiary/aromatic N) is 3. The highest BCUT2D eigenvalue weighted by molar-refractivity contribution is 5.93. The van der Waals surface area contributed by atoms with Gasteiger partial charge in [-0.2, -0.15) is 0 Å². The molecule has 0 spiro atoms. The minimum Gasteiger partial charge on any atom is -0.450 e. The van der Waals surface area contributed by atoms with Crippen LogP contribution in [0.2, 0.25) is 0 Å². The van der Waals surface area contributed by atoms with Gasteiger partial charge in [0.2, 0.25) is 11.8 Å². The van der Waals surface area contributed by atoms with Gasteiger partial charge in [-0.25, -0.2) is 4.79 Å². The van der Waals surface area contributed by atoms with E-state index in [0.29, 0.717) is 58.3 Å². The summed E-state index contributed by atoms with van der Waals surface area (Å²) in [5.74, 6) is 0.0316. The number of ether oxygens (including phenoxy) is 1. The summed E-state index contributed by atoms with van der Waals surface area (Å²) in [7, 11) is 0.